The Kier molecular flexibility index (Phi) is 3.02. The summed E-state index contributed by atoms with van der Waals surface area (Å²) in [5.74, 6) is -0.684. The summed E-state index contributed by atoms with van der Waals surface area (Å²) >= 11 is 7.93. The van der Waals surface area contributed by atoms with Gasteiger partial charge in [-0.3, -0.25) is 14.6 Å². The van der Waals surface area contributed by atoms with Crippen molar-refractivity contribution in [1.29, 1.82) is 0 Å². The van der Waals surface area contributed by atoms with Crippen molar-refractivity contribution < 1.29 is 9.59 Å². The first-order chi connectivity index (χ1) is 9.09. The summed E-state index contributed by atoms with van der Waals surface area (Å²) in [5.41, 5.74) is 1.25. The molecule has 0 bridgehead atoms. The van der Waals surface area contributed by atoms with Crippen LogP contribution in [0.5, 0.6) is 0 Å². The van der Waals surface area contributed by atoms with E-state index in [1.807, 2.05) is 22.6 Å². The fourth-order valence-electron chi connectivity index (χ4n) is 1.97. The second-order valence-corrected chi connectivity index (χ2v) is 5.56. The molecule has 0 N–H and O–H groups in total. The molecule has 0 unspecified atom stereocenters. The van der Waals surface area contributed by atoms with E-state index < -0.39 is 0 Å². The summed E-state index contributed by atoms with van der Waals surface area (Å²) in [6, 6.07) is 6.58. The van der Waals surface area contributed by atoms with Gasteiger partial charge in [0.05, 0.1) is 16.8 Å². The van der Waals surface area contributed by atoms with Gasteiger partial charge in [0.25, 0.3) is 11.8 Å². The molecule has 1 aromatic heterocycles. The van der Waals surface area contributed by atoms with Crippen LogP contribution in [0.15, 0.2) is 36.7 Å². The first-order valence-electron chi connectivity index (χ1n) is 5.37. The van der Waals surface area contributed by atoms with Gasteiger partial charge < -0.3 is 0 Å². The topological polar surface area (TPSA) is 50.3 Å². The van der Waals surface area contributed by atoms with E-state index in [1.54, 1.807) is 24.3 Å². The summed E-state index contributed by atoms with van der Waals surface area (Å²) in [6.07, 6.45) is 2.92. The van der Waals surface area contributed by atoms with Crippen molar-refractivity contribution >= 4 is 51.7 Å². The Bertz CT molecular complexity index is 683. The maximum Gasteiger partial charge on any atom is 0.267 e. The molecular formula is C13H6ClIN2O2. The van der Waals surface area contributed by atoms with E-state index in [0.29, 0.717) is 21.8 Å². The van der Waals surface area contributed by atoms with E-state index in [1.165, 1.54) is 12.4 Å². The summed E-state index contributed by atoms with van der Waals surface area (Å²) in [5, 5.41) is 0.562. The highest BCUT2D eigenvalue weighted by atomic mass is 127. The number of halogens is 2. The van der Waals surface area contributed by atoms with Gasteiger partial charge in [-0.25, -0.2) is 4.90 Å². The number of amides is 2. The van der Waals surface area contributed by atoms with E-state index in [9.17, 15) is 9.59 Å². The quantitative estimate of drug-likeness (QED) is 0.561. The molecule has 19 heavy (non-hydrogen) atoms. The number of nitrogens with zero attached hydrogens (tertiary/aromatic N) is 2. The molecule has 0 radical (unpaired) electrons. The fourth-order valence-corrected chi connectivity index (χ4v) is 3.08. The summed E-state index contributed by atoms with van der Waals surface area (Å²) in [6.45, 7) is 0. The van der Waals surface area contributed by atoms with Crippen LogP contribution in [0.3, 0.4) is 0 Å². The van der Waals surface area contributed by atoms with Crippen molar-refractivity contribution in [3.05, 3.63) is 56.4 Å². The predicted octanol–water partition coefficient (Wildman–Crippen LogP) is 3.14. The molecule has 2 aromatic rings. The summed E-state index contributed by atoms with van der Waals surface area (Å²) in [7, 11) is 0. The predicted molar refractivity (Wildman–Crippen MR) is 79.5 cm³/mol. The number of imide groups is 1. The zero-order valence-electron chi connectivity index (χ0n) is 9.43. The third kappa shape index (κ3) is 1.93. The number of aromatic nitrogens is 1. The largest absolute Gasteiger partial charge is 0.268 e. The third-order valence-corrected chi connectivity index (χ3v) is 3.94. The Morgan fingerprint density at radius 1 is 1.11 bits per heavy atom. The van der Waals surface area contributed by atoms with Crippen molar-refractivity contribution in [1.82, 2.24) is 4.98 Å². The van der Waals surface area contributed by atoms with Gasteiger partial charge in [-0.15, -0.1) is 0 Å². The molecule has 0 saturated carbocycles. The number of fused-ring (bicyclic) bond motifs is 1. The minimum absolute atomic E-state index is 0.331. The molecule has 1 aliphatic heterocycles. The van der Waals surface area contributed by atoms with Gasteiger partial charge in [0.1, 0.15) is 0 Å². The monoisotopic (exact) mass is 384 g/mol. The molecule has 1 aliphatic rings. The number of hydrogen-bond donors (Lipinski definition) is 0. The fraction of sp³-hybridized carbons (Fsp3) is 0. The number of benzene rings is 1. The van der Waals surface area contributed by atoms with Crippen LogP contribution in [0, 0.1) is 3.57 Å². The number of rotatable bonds is 1. The van der Waals surface area contributed by atoms with Crippen molar-refractivity contribution in [2.24, 2.45) is 0 Å². The molecular weight excluding hydrogens is 379 g/mol. The van der Waals surface area contributed by atoms with E-state index in [2.05, 4.69) is 4.98 Å². The maximum absolute atomic E-state index is 12.3. The highest BCUT2D eigenvalue weighted by Crippen LogP contribution is 2.32. The average molecular weight is 385 g/mol. The standard InChI is InChI=1S/C13H6ClIN2O2/c14-7-1-2-11(10(15)5-7)17-12(18)8-3-4-16-6-9(8)13(17)19/h1-6H. The molecule has 1 aromatic carbocycles. The highest BCUT2D eigenvalue weighted by Gasteiger charge is 2.37. The molecule has 3 rings (SSSR count). The van der Waals surface area contributed by atoms with Gasteiger partial charge >= 0.3 is 0 Å². The van der Waals surface area contributed by atoms with Crippen LogP contribution in [-0.4, -0.2) is 16.8 Å². The number of carbonyl (C=O) groups excluding carboxylic acids is 2. The van der Waals surface area contributed by atoms with Crippen LogP contribution < -0.4 is 4.90 Å². The highest BCUT2D eigenvalue weighted by molar-refractivity contribution is 14.1. The average Bonchev–Trinajstić information content (AvgIpc) is 2.64. The van der Waals surface area contributed by atoms with Gasteiger partial charge in [-0.1, -0.05) is 11.6 Å². The Morgan fingerprint density at radius 2 is 1.84 bits per heavy atom. The summed E-state index contributed by atoms with van der Waals surface area (Å²) in [4.78, 5) is 29.6. The molecule has 0 atom stereocenters. The van der Waals surface area contributed by atoms with Crippen molar-refractivity contribution in [3.8, 4) is 0 Å². The summed E-state index contributed by atoms with van der Waals surface area (Å²) < 4.78 is 0.743. The number of pyridine rings is 1. The molecule has 0 fully saturated rings. The maximum atomic E-state index is 12.3. The Hall–Kier alpha value is -1.47. The minimum Gasteiger partial charge on any atom is -0.268 e. The number of carbonyl (C=O) groups is 2. The van der Waals surface area contributed by atoms with Gasteiger partial charge in [0.15, 0.2) is 0 Å². The smallest absolute Gasteiger partial charge is 0.267 e. The van der Waals surface area contributed by atoms with Crippen LogP contribution in [0.1, 0.15) is 20.7 Å². The Labute approximate surface area is 127 Å². The second-order valence-electron chi connectivity index (χ2n) is 3.96. The van der Waals surface area contributed by atoms with Crippen molar-refractivity contribution in [3.63, 3.8) is 0 Å². The van der Waals surface area contributed by atoms with Crippen LogP contribution in [0.25, 0.3) is 0 Å². The van der Waals surface area contributed by atoms with E-state index in [4.69, 9.17) is 11.6 Å². The van der Waals surface area contributed by atoms with Crippen molar-refractivity contribution in [2.45, 2.75) is 0 Å². The first kappa shape index (κ1) is 12.6. The lowest BCUT2D eigenvalue weighted by Gasteiger charge is -2.15. The molecule has 2 heterocycles. The van der Waals surface area contributed by atoms with Gasteiger partial charge in [0, 0.05) is 21.0 Å². The Balaban J connectivity index is 2.14. The van der Waals surface area contributed by atoms with E-state index in [-0.39, 0.29) is 11.8 Å². The van der Waals surface area contributed by atoms with Crippen LogP contribution in [0.2, 0.25) is 5.02 Å². The second kappa shape index (κ2) is 4.57. The van der Waals surface area contributed by atoms with Crippen LogP contribution in [-0.2, 0) is 0 Å². The van der Waals surface area contributed by atoms with Gasteiger partial charge in [-0.2, -0.15) is 0 Å². The zero-order chi connectivity index (χ0) is 13.6. The number of hydrogen-bond acceptors (Lipinski definition) is 3. The number of anilines is 1. The molecule has 2 amide bonds. The molecule has 0 aliphatic carbocycles. The lowest BCUT2D eigenvalue weighted by Crippen LogP contribution is -2.30. The lowest BCUT2D eigenvalue weighted by molar-refractivity contribution is 0.0926. The van der Waals surface area contributed by atoms with Crippen molar-refractivity contribution in [2.75, 3.05) is 4.90 Å². The van der Waals surface area contributed by atoms with E-state index >= 15 is 0 Å². The normalized spacial score (nSPS) is 13.9. The third-order valence-electron chi connectivity index (χ3n) is 2.84. The first-order valence-corrected chi connectivity index (χ1v) is 6.83. The molecule has 94 valence electrons. The zero-order valence-corrected chi connectivity index (χ0v) is 12.3. The van der Waals surface area contributed by atoms with Crippen LogP contribution >= 0.6 is 34.2 Å². The van der Waals surface area contributed by atoms with E-state index in [0.717, 1.165) is 8.47 Å². The van der Waals surface area contributed by atoms with Gasteiger partial charge in [0.2, 0.25) is 0 Å². The molecule has 0 spiro atoms. The SMILES string of the molecule is O=C1c2ccncc2C(=O)N1c1ccc(Cl)cc1I. The molecule has 6 heteroatoms. The van der Waals surface area contributed by atoms with Gasteiger partial charge in [-0.05, 0) is 46.9 Å². The molecule has 4 nitrogen and oxygen atoms in total. The molecule has 0 saturated heterocycles. The Morgan fingerprint density at radius 3 is 2.53 bits per heavy atom. The van der Waals surface area contributed by atoms with Crippen LogP contribution in [0.4, 0.5) is 5.69 Å². The minimum atomic E-state index is -0.353. The lowest BCUT2D eigenvalue weighted by atomic mass is 10.2.